The molecule has 0 fully saturated rings. The molecule has 0 bridgehead atoms. The molecule has 112 valence electrons. The third kappa shape index (κ3) is 4.95. The molecule has 1 N–H and O–H groups in total. The molecule has 0 atom stereocenters. The van der Waals surface area contributed by atoms with E-state index in [0.717, 1.165) is 11.5 Å². The highest BCUT2D eigenvalue weighted by molar-refractivity contribution is 7.98. The van der Waals surface area contributed by atoms with E-state index in [1.165, 1.54) is 12.0 Å². The van der Waals surface area contributed by atoms with Crippen molar-refractivity contribution in [2.75, 3.05) is 19.4 Å². The fourth-order valence-electron chi connectivity index (χ4n) is 1.76. The van der Waals surface area contributed by atoms with Gasteiger partial charge in [-0.2, -0.15) is 11.8 Å². The molecule has 0 spiro atoms. The normalized spacial score (nSPS) is 10.4. The zero-order chi connectivity index (χ0) is 15.1. The molecule has 0 radical (unpaired) electrons. The summed E-state index contributed by atoms with van der Waals surface area (Å²) in [7, 11) is 1.54. The molecule has 6 heteroatoms. The van der Waals surface area contributed by atoms with Gasteiger partial charge in [0.25, 0.3) is 5.91 Å². The van der Waals surface area contributed by atoms with Gasteiger partial charge in [-0.05, 0) is 29.6 Å². The summed E-state index contributed by atoms with van der Waals surface area (Å²) < 4.78 is 5.17. The van der Waals surface area contributed by atoms with Crippen molar-refractivity contribution in [1.29, 1.82) is 0 Å². The van der Waals surface area contributed by atoms with Gasteiger partial charge < -0.3 is 10.1 Å². The summed E-state index contributed by atoms with van der Waals surface area (Å²) in [6.45, 7) is 0.616. The van der Waals surface area contributed by atoms with Gasteiger partial charge in [-0.25, -0.2) is 0 Å². The molecule has 1 aromatic carbocycles. The minimum atomic E-state index is -0.161. The number of rotatable bonds is 7. The maximum absolute atomic E-state index is 12.1. The first-order valence-corrected chi connectivity index (χ1v) is 8.84. The van der Waals surface area contributed by atoms with Crippen LogP contribution >= 0.6 is 34.7 Å². The van der Waals surface area contributed by atoms with Crippen LogP contribution in [-0.4, -0.2) is 25.3 Å². The van der Waals surface area contributed by atoms with Crippen molar-refractivity contribution in [3.05, 3.63) is 51.2 Å². The van der Waals surface area contributed by atoms with Crippen molar-refractivity contribution < 1.29 is 9.53 Å². The lowest BCUT2D eigenvalue weighted by Crippen LogP contribution is -2.26. The number of nitrogens with one attached hydrogen (secondary N) is 1. The number of hydrogen-bond acceptors (Lipinski definition) is 4. The molecular weight excluding hydrogens is 326 g/mol. The Morgan fingerprint density at radius 3 is 3.00 bits per heavy atom. The van der Waals surface area contributed by atoms with E-state index in [-0.39, 0.29) is 5.91 Å². The first-order valence-electron chi connectivity index (χ1n) is 6.42. The quantitative estimate of drug-likeness (QED) is 0.771. The van der Waals surface area contributed by atoms with Crippen LogP contribution in [0.1, 0.15) is 15.2 Å². The topological polar surface area (TPSA) is 38.3 Å². The van der Waals surface area contributed by atoms with Crippen molar-refractivity contribution >= 4 is 40.6 Å². The monoisotopic (exact) mass is 341 g/mol. The summed E-state index contributed by atoms with van der Waals surface area (Å²) in [5.41, 5.74) is 0.466. The number of amides is 1. The number of hydrogen-bond donors (Lipinski definition) is 1. The van der Waals surface area contributed by atoms with E-state index in [0.29, 0.717) is 22.9 Å². The largest absolute Gasteiger partial charge is 0.496 e. The zero-order valence-corrected chi connectivity index (χ0v) is 14.0. The number of ether oxygens (including phenoxy) is 1. The summed E-state index contributed by atoms with van der Waals surface area (Å²) >= 11 is 9.47. The summed E-state index contributed by atoms with van der Waals surface area (Å²) in [5, 5.41) is 5.48. The maximum Gasteiger partial charge on any atom is 0.255 e. The number of carbonyl (C=O) groups is 1. The Bertz CT molecular complexity index is 587. The molecule has 1 heterocycles. The number of thiophene rings is 1. The van der Waals surface area contributed by atoms with E-state index in [1.54, 1.807) is 41.3 Å². The fraction of sp³-hybridized carbons (Fsp3) is 0.267. The maximum atomic E-state index is 12.1. The van der Waals surface area contributed by atoms with Gasteiger partial charge in [0.05, 0.1) is 12.7 Å². The third-order valence-electron chi connectivity index (χ3n) is 2.76. The summed E-state index contributed by atoms with van der Waals surface area (Å²) in [5.74, 6) is 2.22. The number of carbonyl (C=O) groups excluding carboxylic acids is 1. The Kier molecular flexibility index (Phi) is 6.42. The van der Waals surface area contributed by atoms with Crippen molar-refractivity contribution in [2.45, 2.75) is 5.75 Å². The highest BCUT2D eigenvalue weighted by atomic mass is 35.5. The average Bonchev–Trinajstić information content (AvgIpc) is 3.00. The van der Waals surface area contributed by atoms with Gasteiger partial charge in [0.15, 0.2) is 0 Å². The number of halogens is 1. The van der Waals surface area contributed by atoms with Crippen LogP contribution in [0.4, 0.5) is 0 Å². The van der Waals surface area contributed by atoms with E-state index in [9.17, 15) is 4.79 Å². The average molecular weight is 342 g/mol. The Morgan fingerprint density at radius 1 is 1.43 bits per heavy atom. The Balaban J connectivity index is 1.78. The van der Waals surface area contributed by atoms with E-state index >= 15 is 0 Å². The van der Waals surface area contributed by atoms with Gasteiger partial charge >= 0.3 is 0 Å². The van der Waals surface area contributed by atoms with Gasteiger partial charge in [0.2, 0.25) is 0 Å². The lowest BCUT2D eigenvalue weighted by molar-refractivity contribution is 0.0953. The summed E-state index contributed by atoms with van der Waals surface area (Å²) in [6.07, 6.45) is 0. The zero-order valence-electron chi connectivity index (χ0n) is 11.6. The van der Waals surface area contributed by atoms with E-state index in [1.807, 2.05) is 6.07 Å². The molecule has 0 saturated carbocycles. The SMILES string of the molecule is COc1ccc(Cl)cc1C(=O)NCCSCc1cccs1. The van der Waals surface area contributed by atoms with Crippen LogP contribution in [0.3, 0.4) is 0 Å². The summed E-state index contributed by atoms with van der Waals surface area (Å²) in [6, 6.07) is 9.19. The highest BCUT2D eigenvalue weighted by Gasteiger charge is 2.12. The van der Waals surface area contributed by atoms with Crippen LogP contribution in [0.15, 0.2) is 35.7 Å². The van der Waals surface area contributed by atoms with Crippen LogP contribution in [0.5, 0.6) is 5.75 Å². The fourth-order valence-corrected chi connectivity index (χ4v) is 3.63. The van der Waals surface area contributed by atoms with E-state index in [4.69, 9.17) is 16.3 Å². The minimum absolute atomic E-state index is 0.161. The molecule has 0 saturated heterocycles. The molecule has 0 unspecified atom stereocenters. The minimum Gasteiger partial charge on any atom is -0.496 e. The smallest absolute Gasteiger partial charge is 0.255 e. The predicted molar refractivity (Wildman–Crippen MR) is 90.8 cm³/mol. The van der Waals surface area contributed by atoms with Crippen LogP contribution in [0, 0.1) is 0 Å². The molecule has 1 amide bonds. The molecule has 0 aliphatic carbocycles. The molecule has 2 aromatic rings. The Morgan fingerprint density at radius 2 is 2.29 bits per heavy atom. The standard InChI is InChI=1S/C15H16ClNO2S2/c1-19-14-5-4-11(16)9-13(14)15(18)17-6-8-20-10-12-3-2-7-21-12/h2-5,7,9H,6,8,10H2,1H3,(H,17,18). The molecule has 21 heavy (non-hydrogen) atoms. The molecule has 0 aliphatic rings. The summed E-state index contributed by atoms with van der Waals surface area (Å²) in [4.78, 5) is 13.5. The predicted octanol–water partition coefficient (Wildman–Crippen LogP) is 4.07. The molecular formula is C15H16ClNO2S2. The second kappa shape index (κ2) is 8.32. The molecule has 0 aliphatic heterocycles. The lowest BCUT2D eigenvalue weighted by atomic mass is 10.2. The molecule has 3 nitrogen and oxygen atoms in total. The van der Waals surface area contributed by atoms with Crippen LogP contribution < -0.4 is 10.1 Å². The second-order valence-electron chi connectivity index (χ2n) is 4.23. The van der Waals surface area contributed by atoms with Crippen LogP contribution in [0.25, 0.3) is 0 Å². The van der Waals surface area contributed by atoms with Crippen molar-refractivity contribution in [1.82, 2.24) is 5.32 Å². The van der Waals surface area contributed by atoms with E-state index in [2.05, 4.69) is 16.8 Å². The van der Waals surface area contributed by atoms with Gasteiger partial charge in [-0.1, -0.05) is 17.7 Å². The van der Waals surface area contributed by atoms with Gasteiger partial charge in [-0.3, -0.25) is 4.79 Å². The first-order chi connectivity index (χ1) is 10.2. The first kappa shape index (κ1) is 16.2. The second-order valence-corrected chi connectivity index (χ2v) is 6.81. The Hall–Kier alpha value is -1.17. The van der Waals surface area contributed by atoms with Gasteiger partial charge in [0.1, 0.15) is 5.75 Å². The van der Waals surface area contributed by atoms with E-state index < -0.39 is 0 Å². The number of methoxy groups -OCH3 is 1. The highest BCUT2D eigenvalue weighted by Crippen LogP contribution is 2.22. The molecule has 2 rings (SSSR count). The Labute approximate surface area is 137 Å². The number of thioether (sulfide) groups is 1. The van der Waals surface area contributed by atoms with Crippen molar-refractivity contribution in [3.63, 3.8) is 0 Å². The van der Waals surface area contributed by atoms with Gasteiger partial charge in [-0.15, -0.1) is 11.3 Å². The molecule has 1 aromatic heterocycles. The lowest BCUT2D eigenvalue weighted by Gasteiger charge is -2.09. The van der Waals surface area contributed by atoms with Gasteiger partial charge in [0, 0.05) is 28.0 Å². The van der Waals surface area contributed by atoms with Crippen LogP contribution in [-0.2, 0) is 5.75 Å². The van der Waals surface area contributed by atoms with Crippen LogP contribution in [0.2, 0.25) is 5.02 Å². The number of benzene rings is 1. The van der Waals surface area contributed by atoms with Crippen molar-refractivity contribution in [2.24, 2.45) is 0 Å². The third-order valence-corrected chi connectivity index (χ3v) is 5.06. The van der Waals surface area contributed by atoms with Crippen molar-refractivity contribution in [3.8, 4) is 5.75 Å².